The van der Waals surface area contributed by atoms with E-state index in [1.165, 1.54) is 0 Å². The highest BCUT2D eigenvalue weighted by atomic mass is 79.9. The number of rotatable bonds is 0. The summed E-state index contributed by atoms with van der Waals surface area (Å²) < 4.78 is 0.946. The molecule has 0 heterocycles. The summed E-state index contributed by atoms with van der Waals surface area (Å²) in [4.78, 5) is 0. The zero-order chi connectivity index (χ0) is 6.69. The highest BCUT2D eigenvalue weighted by molar-refractivity contribution is 9.10. The van der Waals surface area contributed by atoms with Gasteiger partial charge in [-0.15, -0.1) is 12.4 Å². The van der Waals surface area contributed by atoms with E-state index < -0.39 is 0 Å². The molecule has 0 atom stereocenters. The number of benzene rings is 1. The van der Waals surface area contributed by atoms with Gasteiger partial charge in [-0.25, -0.2) is 0 Å². The van der Waals surface area contributed by atoms with E-state index >= 15 is 0 Å². The Hall–Kier alpha value is -0.520. The summed E-state index contributed by atoms with van der Waals surface area (Å²) in [6, 6.07) is 9.31. The van der Waals surface area contributed by atoms with E-state index in [0.29, 0.717) is 5.56 Å². The Morgan fingerprint density at radius 1 is 1.40 bits per heavy atom. The molecule has 3 heteroatoms. The molecule has 52 valence electrons. The minimum atomic E-state index is 0. The molecule has 0 bridgehead atoms. The van der Waals surface area contributed by atoms with Gasteiger partial charge in [0.25, 0.3) is 0 Å². The molecule has 1 aromatic carbocycles. The van der Waals surface area contributed by atoms with Gasteiger partial charge in [0.1, 0.15) is 0 Å². The lowest BCUT2D eigenvalue weighted by molar-refractivity contribution is 1.48. The van der Waals surface area contributed by atoms with Crippen molar-refractivity contribution in [1.82, 2.24) is 0 Å². The fourth-order valence-electron chi connectivity index (χ4n) is 0.558. The summed E-state index contributed by atoms with van der Waals surface area (Å²) in [6.07, 6.45) is 0. The molecule has 0 saturated carbocycles. The molecular formula is C7H5BrClN. The highest BCUT2D eigenvalue weighted by Gasteiger charge is 1.87. The molecule has 0 saturated heterocycles. The quantitative estimate of drug-likeness (QED) is 0.657. The first-order valence-electron chi connectivity index (χ1n) is 2.48. The molecule has 0 fully saturated rings. The first-order chi connectivity index (χ1) is 4.33. The third kappa shape index (κ3) is 2.38. The van der Waals surface area contributed by atoms with E-state index in [1.807, 2.05) is 18.2 Å². The van der Waals surface area contributed by atoms with Crippen LogP contribution in [-0.2, 0) is 0 Å². The maximum absolute atomic E-state index is 8.39. The molecule has 0 aromatic heterocycles. The maximum Gasteiger partial charge on any atom is 0.0992 e. The van der Waals surface area contributed by atoms with E-state index in [9.17, 15) is 0 Å². The predicted octanol–water partition coefficient (Wildman–Crippen LogP) is 2.74. The SMILES string of the molecule is Cl.N#Cc1cccc(Br)c1. The van der Waals surface area contributed by atoms with Gasteiger partial charge in [-0.1, -0.05) is 22.0 Å². The number of halogens is 2. The van der Waals surface area contributed by atoms with Gasteiger partial charge < -0.3 is 0 Å². The Labute approximate surface area is 74.2 Å². The number of hydrogen-bond acceptors (Lipinski definition) is 1. The molecule has 1 nitrogen and oxygen atoms in total. The Balaban J connectivity index is 0.000000810. The normalized spacial score (nSPS) is 7.60. The van der Waals surface area contributed by atoms with Crippen LogP contribution >= 0.6 is 28.3 Å². The van der Waals surface area contributed by atoms with E-state index in [0.717, 1.165) is 4.47 Å². The van der Waals surface area contributed by atoms with Crippen LogP contribution in [-0.4, -0.2) is 0 Å². The molecular weight excluding hydrogens is 213 g/mol. The van der Waals surface area contributed by atoms with E-state index in [4.69, 9.17) is 5.26 Å². The third-order valence-corrected chi connectivity index (χ3v) is 1.45. The average molecular weight is 218 g/mol. The van der Waals surface area contributed by atoms with Gasteiger partial charge in [0.2, 0.25) is 0 Å². The van der Waals surface area contributed by atoms with Crippen molar-refractivity contribution >= 4 is 28.3 Å². The first-order valence-corrected chi connectivity index (χ1v) is 3.28. The van der Waals surface area contributed by atoms with Gasteiger partial charge in [0.05, 0.1) is 11.6 Å². The molecule has 0 spiro atoms. The predicted molar refractivity (Wildman–Crippen MR) is 46.1 cm³/mol. The summed E-state index contributed by atoms with van der Waals surface area (Å²) in [6.45, 7) is 0. The molecule has 10 heavy (non-hydrogen) atoms. The molecule has 0 unspecified atom stereocenters. The van der Waals surface area contributed by atoms with Crippen molar-refractivity contribution in [2.45, 2.75) is 0 Å². The average Bonchev–Trinajstić information content (AvgIpc) is 1.88. The van der Waals surface area contributed by atoms with Gasteiger partial charge in [0, 0.05) is 4.47 Å². The van der Waals surface area contributed by atoms with Gasteiger partial charge in [-0.05, 0) is 18.2 Å². The summed E-state index contributed by atoms with van der Waals surface area (Å²) in [5.41, 5.74) is 0.685. The smallest absolute Gasteiger partial charge is 0.0992 e. The molecule has 0 aliphatic carbocycles. The minimum Gasteiger partial charge on any atom is -0.192 e. The van der Waals surface area contributed by atoms with Gasteiger partial charge in [-0.3, -0.25) is 0 Å². The van der Waals surface area contributed by atoms with Crippen molar-refractivity contribution in [3.63, 3.8) is 0 Å². The second-order valence-corrected chi connectivity index (χ2v) is 2.54. The Kier molecular flexibility index (Phi) is 4.10. The third-order valence-electron chi connectivity index (χ3n) is 0.954. The number of nitrogens with zero attached hydrogens (tertiary/aromatic N) is 1. The summed E-state index contributed by atoms with van der Waals surface area (Å²) in [5, 5.41) is 8.39. The van der Waals surface area contributed by atoms with Crippen molar-refractivity contribution in [2.75, 3.05) is 0 Å². The van der Waals surface area contributed by atoms with Crippen molar-refractivity contribution in [2.24, 2.45) is 0 Å². The molecule has 0 N–H and O–H groups in total. The van der Waals surface area contributed by atoms with Crippen molar-refractivity contribution in [3.8, 4) is 6.07 Å². The van der Waals surface area contributed by atoms with Crippen LogP contribution < -0.4 is 0 Å². The topological polar surface area (TPSA) is 23.8 Å². The van der Waals surface area contributed by atoms with Crippen molar-refractivity contribution < 1.29 is 0 Å². The molecule has 1 rings (SSSR count). The lowest BCUT2D eigenvalue weighted by Gasteiger charge is -1.86. The van der Waals surface area contributed by atoms with Crippen LogP contribution in [0.25, 0.3) is 0 Å². The molecule has 0 aliphatic rings. The van der Waals surface area contributed by atoms with Gasteiger partial charge in [-0.2, -0.15) is 5.26 Å². The van der Waals surface area contributed by atoms with Gasteiger partial charge in [0.15, 0.2) is 0 Å². The zero-order valence-electron chi connectivity index (χ0n) is 5.04. The largest absolute Gasteiger partial charge is 0.192 e. The van der Waals surface area contributed by atoms with Crippen LogP contribution in [0.15, 0.2) is 28.7 Å². The Morgan fingerprint density at radius 2 is 2.10 bits per heavy atom. The first kappa shape index (κ1) is 9.48. The highest BCUT2D eigenvalue weighted by Crippen LogP contribution is 2.09. The van der Waals surface area contributed by atoms with Gasteiger partial charge >= 0.3 is 0 Å². The Morgan fingerprint density at radius 3 is 2.50 bits per heavy atom. The van der Waals surface area contributed by atoms with Crippen LogP contribution in [0.1, 0.15) is 5.56 Å². The van der Waals surface area contributed by atoms with E-state index in [-0.39, 0.29) is 12.4 Å². The second-order valence-electron chi connectivity index (χ2n) is 1.62. The zero-order valence-corrected chi connectivity index (χ0v) is 7.45. The standard InChI is InChI=1S/C7H4BrN.ClH/c8-7-3-1-2-6(4-7)5-9;/h1-4H;1H. The summed E-state index contributed by atoms with van der Waals surface area (Å²) >= 11 is 3.25. The summed E-state index contributed by atoms with van der Waals surface area (Å²) in [7, 11) is 0. The molecule has 0 radical (unpaired) electrons. The molecule has 0 aliphatic heterocycles. The lowest BCUT2D eigenvalue weighted by Crippen LogP contribution is -1.70. The monoisotopic (exact) mass is 217 g/mol. The van der Waals surface area contributed by atoms with E-state index in [1.54, 1.807) is 12.1 Å². The minimum absolute atomic E-state index is 0. The van der Waals surface area contributed by atoms with E-state index in [2.05, 4.69) is 15.9 Å². The fourth-order valence-corrected chi connectivity index (χ4v) is 0.957. The van der Waals surface area contributed by atoms with Crippen LogP contribution in [0.5, 0.6) is 0 Å². The van der Waals surface area contributed by atoms with Crippen LogP contribution in [0.4, 0.5) is 0 Å². The maximum atomic E-state index is 8.39. The second kappa shape index (κ2) is 4.32. The van der Waals surface area contributed by atoms with Crippen molar-refractivity contribution in [1.29, 1.82) is 5.26 Å². The summed E-state index contributed by atoms with van der Waals surface area (Å²) in [5.74, 6) is 0. The van der Waals surface area contributed by atoms with Crippen LogP contribution in [0.3, 0.4) is 0 Å². The molecule has 0 amide bonds. The fraction of sp³-hybridized carbons (Fsp3) is 0. The number of nitriles is 1. The van der Waals surface area contributed by atoms with Crippen LogP contribution in [0, 0.1) is 11.3 Å². The van der Waals surface area contributed by atoms with Crippen LogP contribution in [0.2, 0.25) is 0 Å². The Bertz CT molecular complexity index is 254. The number of hydrogen-bond donors (Lipinski definition) is 0. The molecule has 1 aromatic rings. The lowest BCUT2D eigenvalue weighted by atomic mass is 10.2. The van der Waals surface area contributed by atoms with Crippen molar-refractivity contribution in [3.05, 3.63) is 34.3 Å².